The molecule has 0 spiro atoms. The van der Waals surface area contributed by atoms with E-state index in [1.165, 1.54) is 12.1 Å². The minimum absolute atomic E-state index is 0.0788. The molecule has 2 aromatic rings. The average molecular weight is 368 g/mol. The fraction of sp³-hybridized carbons (Fsp3) is 0.353. The van der Waals surface area contributed by atoms with Crippen LogP contribution in [-0.4, -0.2) is 37.2 Å². The van der Waals surface area contributed by atoms with Gasteiger partial charge in [-0.3, -0.25) is 0 Å². The number of hydrogen-bond donors (Lipinski definition) is 1. The zero-order chi connectivity index (χ0) is 17.6. The summed E-state index contributed by atoms with van der Waals surface area (Å²) in [4.78, 5) is 14.0. The largest absolute Gasteiger partial charge is 0.435 e. The van der Waals surface area contributed by atoms with Crippen LogP contribution in [0.5, 0.6) is 5.75 Å². The first kappa shape index (κ1) is 17.6. The Kier molecular flexibility index (Phi) is 5.83. The van der Waals surface area contributed by atoms with E-state index in [1.54, 1.807) is 28.4 Å². The van der Waals surface area contributed by atoms with Gasteiger partial charge in [-0.2, -0.15) is 20.1 Å². The fourth-order valence-electron chi connectivity index (χ4n) is 2.61. The first-order valence-electron chi connectivity index (χ1n) is 7.82. The van der Waals surface area contributed by atoms with E-state index in [2.05, 4.69) is 10.1 Å². The van der Waals surface area contributed by atoms with Gasteiger partial charge in [-0.15, -0.1) is 0 Å². The number of amides is 2. The van der Waals surface area contributed by atoms with E-state index in [1.807, 2.05) is 16.8 Å². The molecule has 1 aromatic heterocycles. The lowest BCUT2D eigenvalue weighted by Crippen LogP contribution is -2.46. The molecule has 1 aromatic carbocycles. The zero-order valence-electron chi connectivity index (χ0n) is 13.4. The van der Waals surface area contributed by atoms with Crippen LogP contribution in [0.3, 0.4) is 0 Å². The van der Waals surface area contributed by atoms with Gasteiger partial charge < -0.3 is 19.7 Å². The molecular weight excluding hydrogens is 350 g/mol. The molecule has 1 N–H and O–H groups in total. The van der Waals surface area contributed by atoms with E-state index in [0.29, 0.717) is 31.8 Å². The lowest BCUT2D eigenvalue weighted by molar-refractivity contribution is -0.0503. The summed E-state index contributed by atoms with van der Waals surface area (Å²) < 4.78 is 34.8. The summed E-state index contributed by atoms with van der Waals surface area (Å²) in [5.74, 6) is 0.0788. The molecule has 0 saturated carbocycles. The molecule has 0 bridgehead atoms. The molecule has 8 heteroatoms. The van der Waals surface area contributed by atoms with Crippen molar-refractivity contribution in [2.45, 2.75) is 19.3 Å². The molecule has 1 atom stereocenters. The summed E-state index contributed by atoms with van der Waals surface area (Å²) in [7, 11) is 0. The van der Waals surface area contributed by atoms with Gasteiger partial charge in [0, 0.05) is 13.1 Å². The molecule has 5 nitrogen and oxygen atoms in total. The number of morpholine rings is 1. The number of rotatable bonds is 5. The van der Waals surface area contributed by atoms with Crippen LogP contribution in [0, 0.1) is 0 Å². The van der Waals surface area contributed by atoms with Gasteiger partial charge in [-0.1, -0.05) is 12.1 Å². The fourth-order valence-corrected chi connectivity index (χ4v) is 3.28. The number of carbonyl (C=O) groups is 1. The molecular formula is C17H18F2N2O3S. The summed E-state index contributed by atoms with van der Waals surface area (Å²) in [5.41, 5.74) is 1.76. The summed E-state index contributed by atoms with van der Waals surface area (Å²) in [6, 6.07) is 8.18. The number of urea groups is 1. The van der Waals surface area contributed by atoms with Gasteiger partial charge >= 0.3 is 12.6 Å². The van der Waals surface area contributed by atoms with Crippen molar-refractivity contribution in [2.24, 2.45) is 0 Å². The third kappa shape index (κ3) is 4.90. The van der Waals surface area contributed by atoms with Crippen LogP contribution in [0.15, 0.2) is 41.1 Å². The second-order valence-corrected chi connectivity index (χ2v) is 6.33. The number of halogens is 2. The molecule has 1 aliphatic heterocycles. The van der Waals surface area contributed by atoms with Gasteiger partial charge in [0.2, 0.25) is 0 Å². The Morgan fingerprint density at radius 1 is 1.44 bits per heavy atom. The third-order valence-electron chi connectivity index (χ3n) is 3.83. The monoisotopic (exact) mass is 368 g/mol. The van der Waals surface area contributed by atoms with Gasteiger partial charge in [-0.05, 0) is 40.1 Å². The van der Waals surface area contributed by atoms with E-state index in [9.17, 15) is 13.6 Å². The molecule has 1 unspecified atom stereocenters. The van der Waals surface area contributed by atoms with Gasteiger partial charge in [0.1, 0.15) is 11.9 Å². The minimum atomic E-state index is -2.87. The molecule has 1 saturated heterocycles. The molecule has 25 heavy (non-hydrogen) atoms. The topological polar surface area (TPSA) is 50.8 Å². The van der Waals surface area contributed by atoms with Crippen LogP contribution in [0.2, 0.25) is 0 Å². The maximum atomic E-state index is 12.3. The summed E-state index contributed by atoms with van der Waals surface area (Å²) in [6.07, 6.45) is -0.373. The third-order valence-corrected chi connectivity index (χ3v) is 4.56. The Bertz CT molecular complexity index is 697. The van der Waals surface area contributed by atoms with E-state index in [4.69, 9.17) is 4.74 Å². The summed E-state index contributed by atoms with van der Waals surface area (Å²) in [5, 5.41) is 6.82. The smallest absolute Gasteiger partial charge is 0.387 e. The molecule has 2 amide bonds. The Balaban J connectivity index is 1.59. The molecule has 0 radical (unpaired) electrons. The normalized spacial score (nSPS) is 17.6. The van der Waals surface area contributed by atoms with Gasteiger partial charge in [0.25, 0.3) is 0 Å². The highest BCUT2D eigenvalue weighted by Gasteiger charge is 2.25. The number of hydrogen-bond acceptors (Lipinski definition) is 4. The molecule has 1 aliphatic rings. The van der Waals surface area contributed by atoms with Crippen molar-refractivity contribution in [3.05, 3.63) is 52.2 Å². The Hall–Kier alpha value is -2.19. The van der Waals surface area contributed by atoms with Crippen molar-refractivity contribution in [1.82, 2.24) is 10.2 Å². The SMILES string of the molecule is O=C(NCc1ccsc1)N1CCOC(c2cccc(OC(F)F)c2)C1. The van der Waals surface area contributed by atoms with Crippen LogP contribution < -0.4 is 10.1 Å². The highest BCUT2D eigenvalue weighted by molar-refractivity contribution is 7.07. The Morgan fingerprint density at radius 2 is 2.32 bits per heavy atom. The van der Waals surface area contributed by atoms with Gasteiger partial charge in [0.05, 0.1) is 13.2 Å². The number of alkyl halides is 2. The van der Waals surface area contributed by atoms with Crippen molar-refractivity contribution in [3.8, 4) is 5.75 Å². The number of thiophene rings is 1. The predicted molar refractivity (Wildman–Crippen MR) is 89.9 cm³/mol. The maximum absolute atomic E-state index is 12.3. The standard InChI is InChI=1S/C17H18F2N2O3S/c18-16(19)24-14-3-1-2-13(8-14)15-10-21(5-6-23-15)17(22)20-9-12-4-7-25-11-12/h1-4,7-8,11,15-16H,5-6,9-10H2,(H,20,22). The Morgan fingerprint density at radius 3 is 3.08 bits per heavy atom. The lowest BCUT2D eigenvalue weighted by Gasteiger charge is -2.33. The van der Waals surface area contributed by atoms with E-state index < -0.39 is 6.61 Å². The van der Waals surface area contributed by atoms with E-state index in [-0.39, 0.29) is 17.9 Å². The molecule has 3 rings (SSSR count). The first-order chi connectivity index (χ1) is 12.1. The molecule has 134 valence electrons. The number of carbonyl (C=O) groups excluding carboxylic acids is 1. The number of nitrogens with one attached hydrogen (secondary N) is 1. The van der Waals surface area contributed by atoms with Crippen LogP contribution in [0.1, 0.15) is 17.2 Å². The van der Waals surface area contributed by atoms with Crippen LogP contribution in [-0.2, 0) is 11.3 Å². The minimum Gasteiger partial charge on any atom is -0.435 e. The van der Waals surface area contributed by atoms with Crippen molar-refractivity contribution in [3.63, 3.8) is 0 Å². The Labute approximate surface area is 148 Å². The number of nitrogens with zero attached hydrogens (tertiary/aromatic N) is 1. The first-order valence-corrected chi connectivity index (χ1v) is 8.76. The van der Waals surface area contributed by atoms with Crippen LogP contribution >= 0.6 is 11.3 Å². The highest BCUT2D eigenvalue weighted by atomic mass is 32.1. The lowest BCUT2D eigenvalue weighted by atomic mass is 10.1. The second-order valence-electron chi connectivity index (χ2n) is 5.55. The van der Waals surface area contributed by atoms with E-state index in [0.717, 1.165) is 5.56 Å². The molecule has 1 fully saturated rings. The van der Waals surface area contributed by atoms with Crippen molar-refractivity contribution < 1.29 is 23.0 Å². The quantitative estimate of drug-likeness (QED) is 0.877. The van der Waals surface area contributed by atoms with Gasteiger partial charge in [-0.25, -0.2) is 4.79 Å². The number of benzene rings is 1. The zero-order valence-corrected chi connectivity index (χ0v) is 14.2. The summed E-state index contributed by atoms with van der Waals surface area (Å²) >= 11 is 1.58. The predicted octanol–water partition coefficient (Wildman–Crippen LogP) is 3.63. The van der Waals surface area contributed by atoms with Crippen molar-refractivity contribution in [2.75, 3.05) is 19.7 Å². The molecule has 0 aliphatic carbocycles. The number of ether oxygens (including phenoxy) is 2. The summed E-state index contributed by atoms with van der Waals surface area (Å²) in [6.45, 7) is -1.17. The average Bonchev–Trinajstić information content (AvgIpc) is 3.13. The van der Waals surface area contributed by atoms with Crippen molar-refractivity contribution >= 4 is 17.4 Å². The second kappa shape index (κ2) is 8.26. The highest BCUT2D eigenvalue weighted by Crippen LogP contribution is 2.26. The molecule has 2 heterocycles. The van der Waals surface area contributed by atoms with Gasteiger partial charge in [0.15, 0.2) is 0 Å². The maximum Gasteiger partial charge on any atom is 0.387 e. The van der Waals surface area contributed by atoms with E-state index >= 15 is 0 Å². The van der Waals surface area contributed by atoms with Crippen LogP contribution in [0.25, 0.3) is 0 Å². The van der Waals surface area contributed by atoms with Crippen LogP contribution in [0.4, 0.5) is 13.6 Å². The van der Waals surface area contributed by atoms with Crippen molar-refractivity contribution in [1.29, 1.82) is 0 Å².